The van der Waals surface area contributed by atoms with Gasteiger partial charge in [-0.25, -0.2) is 14.5 Å². The Kier molecular flexibility index (Phi) is 4.52. The van der Waals surface area contributed by atoms with Crippen molar-refractivity contribution in [2.24, 2.45) is 0 Å². The number of anilines is 3. The minimum atomic E-state index is 0.335. The van der Waals surface area contributed by atoms with Gasteiger partial charge in [0.1, 0.15) is 6.33 Å². The lowest BCUT2D eigenvalue weighted by atomic mass is 9.97. The lowest BCUT2D eigenvalue weighted by Crippen LogP contribution is -2.47. The van der Waals surface area contributed by atoms with Gasteiger partial charge in [0.15, 0.2) is 23.1 Å². The van der Waals surface area contributed by atoms with Gasteiger partial charge in [0, 0.05) is 42.9 Å². The first kappa shape index (κ1) is 17.9. The Morgan fingerprint density at radius 2 is 2.10 bits per heavy atom. The van der Waals surface area contributed by atoms with Crippen LogP contribution in [0.2, 0.25) is 0 Å². The average molecular weight is 392 g/mol. The van der Waals surface area contributed by atoms with Crippen molar-refractivity contribution in [3.63, 3.8) is 0 Å². The van der Waals surface area contributed by atoms with Crippen LogP contribution in [-0.4, -0.2) is 59.3 Å². The van der Waals surface area contributed by atoms with Gasteiger partial charge in [0.25, 0.3) is 0 Å². The molecule has 3 N–H and O–H groups in total. The molecule has 0 saturated carbocycles. The summed E-state index contributed by atoms with van der Waals surface area (Å²) in [6, 6.07) is 5.63. The summed E-state index contributed by atoms with van der Waals surface area (Å²) in [4.78, 5) is 11.7. The molecule has 1 unspecified atom stereocenters. The SMILES string of the molecule is Cc1cc(Nc2cn3ncnc3c(NC3C[C@H]4CC[C@@H](C3)N4CCC#N)n2)n[nH]1. The molecule has 2 bridgehead atoms. The summed E-state index contributed by atoms with van der Waals surface area (Å²) in [5.41, 5.74) is 1.69. The van der Waals surface area contributed by atoms with E-state index in [0.717, 1.165) is 30.9 Å². The highest BCUT2D eigenvalue weighted by molar-refractivity contribution is 5.66. The highest BCUT2D eigenvalue weighted by atomic mass is 15.3. The minimum Gasteiger partial charge on any atom is -0.364 e. The second-order valence-corrected chi connectivity index (χ2v) is 7.91. The molecular weight excluding hydrogens is 368 g/mol. The fourth-order valence-corrected chi connectivity index (χ4v) is 4.73. The Morgan fingerprint density at radius 1 is 1.28 bits per heavy atom. The van der Waals surface area contributed by atoms with Gasteiger partial charge in [-0.15, -0.1) is 0 Å². The molecule has 10 heteroatoms. The number of H-pyrrole nitrogens is 1. The van der Waals surface area contributed by atoms with Crippen LogP contribution in [0.1, 0.15) is 37.8 Å². The maximum absolute atomic E-state index is 8.93. The number of aromatic amines is 1. The second kappa shape index (κ2) is 7.33. The Labute approximate surface area is 168 Å². The number of aryl methyl sites for hydroxylation is 1. The van der Waals surface area contributed by atoms with E-state index in [1.54, 1.807) is 10.8 Å². The third kappa shape index (κ3) is 3.49. The molecule has 2 fully saturated rings. The highest BCUT2D eigenvalue weighted by Crippen LogP contribution is 2.37. The van der Waals surface area contributed by atoms with Crippen LogP contribution in [0.3, 0.4) is 0 Å². The Balaban J connectivity index is 1.35. The fraction of sp³-hybridized carbons (Fsp3) is 0.526. The summed E-state index contributed by atoms with van der Waals surface area (Å²) in [5.74, 6) is 2.10. The predicted molar refractivity (Wildman–Crippen MR) is 108 cm³/mol. The zero-order valence-corrected chi connectivity index (χ0v) is 16.3. The largest absolute Gasteiger partial charge is 0.364 e. The van der Waals surface area contributed by atoms with E-state index < -0.39 is 0 Å². The Morgan fingerprint density at radius 3 is 2.83 bits per heavy atom. The van der Waals surface area contributed by atoms with Gasteiger partial charge < -0.3 is 10.6 Å². The number of rotatable bonds is 6. The molecule has 3 aromatic heterocycles. The van der Waals surface area contributed by atoms with Crippen LogP contribution in [0.15, 0.2) is 18.6 Å². The second-order valence-electron chi connectivity index (χ2n) is 7.91. The number of hydrogen-bond donors (Lipinski definition) is 3. The molecule has 3 aromatic rings. The van der Waals surface area contributed by atoms with Crippen LogP contribution in [0, 0.1) is 18.3 Å². The maximum atomic E-state index is 8.93. The molecule has 0 amide bonds. The van der Waals surface area contributed by atoms with Crippen molar-refractivity contribution in [1.29, 1.82) is 5.26 Å². The number of fused-ring (bicyclic) bond motifs is 3. The van der Waals surface area contributed by atoms with Gasteiger partial charge >= 0.3 is 0 Å². The van der Waals surface area contributed by atoms with Crippen molar-refractivity contribution in [2.75, 3.05) is 17.2 Å². The third-order valence-electron chi connectivity index (χ3n) is 5.93. The molecule has 0 radical (unpaired) electrons. The number of piperidine rings is 1. The lowest BCUT2D eigenvalue weighted by molar-refractivity contribution is 0.136. The molecule has 2 saturated heterocycles. The zero-order valence-electron chi connectivity index (χ0n) is 16.3. The summed E-state index contributed by atoms with van der Waals surface area (Å²) in [7, 11) is 0. The lowest BCUT2D eigenvalue weighted by Gasteiger charge is -2.39. The molecule has 0 aromatic carbocycles. The van der Waals surface area contributed by atoms with Gasteiger partial charge in [-0.3, -0.25) is 10.00 Å². The molecule has 0 spiro atoms. The molecule has 150 valence electrons. The van der Waals surface area contributed by atoms with Crippen LogP contribution in [0.5, 0.6) is 0 Å². The molecule has 2 aliphatic heterocycles. The Hall–Kier alpha value is -3.19. The fourth-order valence-electron chi connectivity index (χ4n) is 4.73. The quantitative estimate of drug-likeness (QED) is 0.583. The van der Waals surface area contributed by atoms with Crippen LogP contribution < -0.4 is 10.6 Å². The molecule has 3 atom stereocenters. The van der Waals surface area contributed by atoms with Gasteiger partial charge in [-0.2, -0.15) is 15.5 Å². The van der Waals surface area contributed by atoms with Crippen LogP contribution in [0.4, 0.5) is 17.5 Å². The van der Waals surface area contributed by atoms with Gasteiger partial charge in [0.2, 0.25) is 0 Å². The normalized spacial score (nSPS) is 23.9. The first-order valence-electron chi connectivity index (χ1n) is 10.1. The van der Waals surface area contributed by atoms with Crippen molar-refractivity contribution in [1.82, 2.24) is 34.7 Å². The zero-order chi connectivity index (χ0) is 19.8. The monoisotopic (exact) mass is 392 g/mol. The predicted octanol–water partition coefficient (Wildman–Crippen LogP) is 2.22. The molecule has 5 rings (SSSR count). The first-order chi connectivity index (χ1) is 14.2. The molecular formula is C19H24N10. The number of aromatic nitrogens is 6. The van der Waals surface area contributed by atoms with E-state index in [4.69, 9.17) is 10.2 Å². The van der Waals surface area contributed by atoms with E-state index in [0.29, 0.717) is 41.8 Å². The van der Waals surface area contributed by atoms with Crippen LogP contribution in [-0.2, 0) is 0 Å². The number of nitriles is 1. The minimum absolute atomic E-state index is 0.335. The maximum Gasteiger partial charge on any atom is 0.198 e. The van der Waals surface area contributed by atoms with Crippen molar-refractivity contribution >= 4 is 23.1 Å². The van der Waals surface area contributed by atoms with Gasteiger partial charge in [-0.1, -0.05) is 0 Å². The molecule has 10 nitrogen and oxygen atoms in total. The van der Waals surface area contributed by atoms with E-state index in [-0.39, 0.29) is 0 Å². The smallest absolute Gasteiger partial charge is 0.198 e. The summed E-state index contributed by atoms with van der Waals surface area (Å²) in [6.45, 7) is 2.84. The topological polar surface area (TPSA) is 123 Å². The summed E-state index contributed by atoms with van der Waals surface area (Å²) < 4.78 is 1.73. The molecule has 5 heterocycles. The molecule has 29 heavy (non-hydrogen) atoms. The van der Waals surface area contributed by atoms with E-state index in [1.165, 1.54) is 12.8 Å². The third-order valence-corrected chi connectivity index (χ3v) is 5.93. The highest BCUT2D eigenvalue weighted by Gasteiger charge is 2.40. The van der Waals surface area contributed by atoms with E-state index in [2.05, 4.69) is 41.9 Å². The van der Waals surface area contributed by atoms with E-state index >= 15 is 0 Å². The van der Waals surface area contributed by atoms with Crippen molar-refractivity contribution in [3.8, 4) is 6.07 Å². The summed E-state index contributed by atoms with van der Waals surface area (Å²) in [5, 5.41) is 27.2. The number of hydrogen-bond acceptors (Lipinski definition) is 8. The van der Waals surface area contributed by atoms with Crippen molar-refractivity contribution in [2.45, 2.75) is 57.2 Å². The van der Waals surface area contributed by atoms with Crippen molar-refractivity contribution < 1.29 is 0 Å². The molecule has 0 aliphatic carbocycles. The van der Waals surface area contributed by atoms with Crippen molar-refractivity contribution in [3.05, 3.63) is 24.3 Å². The summed E-state index contributed by atoms with van der Waals surface area (Å²) >= 11 is 0. The van der Waals surface area contributed by atoms with Gasteiger partial charge in [0.05, 0.1) is 12.3 Å². The van der Waals surface area contributed by atoms with Crippen LogP contribution in [0.25, 0.3) is 5.65 Å². The summed E-state index contributed by atoms with van der Waals surface area (Å²) in [6.07, 6.45) is 8.49. The number of nitrogens with zero attached hydrogens (tertiary/aromatic N) is 7. The average Bonchev–Trinajstić information content (AvgIpc) is 3.39. The van der Waals surface area contributed by atoms with Gasteiger partial charge in [-0.05, 0) is 32.6 Å². The molecule has 2 aliphatic rings. The Bertz CT molecular complexity index is 1030. The van der Waals surface area contributed by atoms with Crippen LogP contribution >= 0.6 is 0 Å². The van der Waals surface area contributed by atoms with E-state index in [1.807, 2.05) is 19.2 Å². The number of nitrogens with one attached hydrogen (secondary N) is 3. The standard InChI is InChI=1S/C19H24N10/c1-12-7-16(27-26-12)24-17-10-29-19(21-11-22-29)18(25-17)23-13-8-14-3-4-15(9-13)28(14)6-2-5-20/h7,10-11,13-15H,2-4,6,8-9H2,1H3,(H,23,25)(H2,24,26,27)/t13?,14-,15+. The first-order valence-corrected chi connectivity index (χ1v) is 10.1. The van der Waals surface area contributed by atoms with E-state index in [9.17, 15) is 0 Å².